The molecule has 3 heterocycles. The van der Waals surface area contributed by atoms with Crippen LogP contribution in [0.5, 0.6) is 5.88 Å². The second-order valence-electron chi connectivity index (χ2n) is 5.32. The molecule has 0 spiro atoms. The number of aromatic nitrogens is 2. The predicted octanol–water partition coefficient (Wildman–Crippen LogP) is 3.98. The van der Waals surface area contributed by atoms with Gasteiger partial charge in [0.1, 0.15) is 9.88 Å². The van der Waals surface area contributed by atoms with E-state index in [0.29, 0.717) is 17.3 Å². The molecule has 0 aliphatic carbocycles. The molecule has 0 unspecified atom stereocenters. The first-order valence-corrected chi connectivity index (χ1v) is 9.21. The van der Waals surface area contributed by atoms with E-state index >= 15 is 0 Å². The number of thiazole rings is 1. The number of carbonyl (C=O) groups excluding carboxylic acids is 1. The van der Waals surface area contributed by atoms with Crippen molar-refractivity contribution in [2.45, 2.75) is 26.5 Å². The maximum absolute atomic E-state index is 12.3. The first-order valence-electron chi connectivity index (χ1n) is 7.52. The lowest BCUT2D eigenvalue weighted by atomic mass is 10.2. The van der Waals surface area contributed by atoms with E-state index in [0.717, 1.165) is 15.4 Å². The highest BCUT2D eigenvalue weighted by Gasteiger charge is 2.13. The number of carbonyl (C=O) groups is 1. The van der Waals surface area contributed by atoms with Gasteiger partial charge in [0.25, 0.3) is 5.91 Å². The van der Waals surface area contributed by atoms with Crippen LogP contribution in [0.25, 0.3) is 9.88 Å². The average molecular weight is 359 g/mol. The second-order valence-corrected chi connectivity index (χ2v) is 7.30. The van der Waals surface area contributed by atoms with E-state index in [9.17, 15) is 4.79 Å². The molecule has 3 rings (SSSR count). The topological polar surface area (TPSA) is 64.1 Å². The standard InChI is InChI=1S/C17H17N3O2S2/c1-11(2)22-16-12(5-3-7-18-16)9-19-15(21)14-10-20-17(24-14)13-6-4-8-23-13/h3-8,10-11H,9H2,1-2H3,(H,19,21). The van der Waals surface area contributed by atoms with Crippen molar-refractivity contribution in [1.82, 2.24) is 15.3 Å². The van der Waals surface area contributed by atoms with E-state index in [4.69, 9.17) is 4.74 Å². The molecule has 0 saturated carbocycles. The summed E-state index contributed by atoms with van der Waals surface area (Å²) in [5.41, 5.74) is 0.850. The normalized spacial score (nSPS) is 10.8. The molecule has 0 radical (unpaired) electrons. The fourth-order valence-electron chi connectivity index (χ4n) is 2.04. The molecule has 1 amide bonds. The molecule has 0 bridgehead atoms. The first kappa shape index (κ1) is 16.6. The van der Waals surface area contributed by atoms with Crippen LogP contribution in [-0.2, 0) is 6.54 Å². The van der Waals surface area contributed by atoms with Gasteiger partial charge in [-0.1, -0.05) is 12.1 Å². The van der Waals surface area contributed by atoms with E-state index in [1.807, 2.05) is 43.5 Å². The van der Waals surface area contributed by atoms with Crippen molar-refractivity contribution in [2.24, 2.45) is 0 Å². The van der Waals surface area contributed by atoms with Gasteiger partial charge in [0.05, 0.1) is 17.2 Å². The van der Waals surface area contributed by atoms with Crippen molar-refractivity contribution in [3.63, 3.8) is 0 Å². The summed E-state index contributed by atoms with van der Waals surface area (Å²) in [6.45, 7) is 4.25. The SMILES string of the molecule is CC(C)Oc1ncccc1CNC(=O)c1cnc(-c2cccs2)s1. The Morgan fingerprint density at radius 1 is 1.29 bits per heavy atom. The van der Waals surface area contributed by atoms with Gasteiger partial charge >= 0.3 is 0 Å². The van der Waals surface area contributed by atoms with Crippen LogP contribution in [0.15, 0.2) is 42.0 Å². The molecular weight excluding hydrogens is 342 g/mol. The molecule has 0 saturated heterocycles. The van der Waals surface area contributed by atoms with Gasteiger partial charge < -0.3 is 10.1 Å². The lowest BCUT2D eigenvalue weighted by Gasteiger charge is -2.12. The van der Waals surface area contributed by atoms with Crippen LogP contribution in [0.4, 0.5) is 0 Å². The average Bonchev–Trinajstić information content (AvgIpc) is 3.24. The van der Waals surface area contributed by atoms with Crippen molar-refractivity contribution in [3.05, 3.63) is 52.5 Å². The molecule has 1 N–H and O–H groups in total. The van der Waals surface area contributed by atoms with Crippen molar-refractivity contribution in [1.29, 1.82) is 0 Å². The van der Waals surface area contributed by atoms with Crippen molar-refractivity contribution in [3.8, 4) is 15.8 Å². The summed E-state index contributed by atoms with van der Waals surface area (Å²) in [5.74, 6) is 0.408. The number of ether oxygens (including phenoxy) is 1. The zero-order valence-corrected chi connectivity index (χ0v) is 15.0. The molecule has 0 atom stereocenters. The monoisotopic (exact) mass is 359 g/mol. The summed E-state index contributed by atoms with van der Waals surface area (Å²) in [4.78, 5) is 22.5. The molecule has 0 aliphatic rings. The minimum Gasteiger partial charge on any atom is -0.475 e. The Morgan fingerprint density at radius 3 is 2.92 bits per heavy atom. The molecule has 124 valence electrons. The Morgan fingerprint density at radius 2 is 2.17 bits per heavy atom. The maximum Gasteiger partial charge on any atom is 0.263 e. The van der Waals surface area contributed by atoms with Crippen molar-refractivity contribution >= 4 is 28.6 Å². The third-order valence-electron chi connectivity index (χ3n) is 3.10. The zero-order valence-electron chi connectivity index (χ0n) is 13.4. The molecule has 0 aromatic carbocycles. The Balaban J connectivity index is 1.66. The number of hydrogen-bond donors (Lipinski definition) is 1. The minimum absolute atomic E-state index is 0.0317. The van der Waals surface area contributed by atoms with Gasteiger partial charge in [-0.2, -0.15) is 0 Å². The Labute approximate surface area is 148 Å². The maximum atomic E-state index is 12.3. The second kappa shape index (κ2) is 7.55. The highest BCUT2D eigenvalue weighted by molar-refractivity contribution is 7.21. The van der Waals surface area contributed by atoms with E-state index in [2.05, 4.69) is 15.3 Å². The summed E-state index contributed by atoms with van der Waals surface area (Å²) in [7, 11) is 0. The molecule has 5 nitrogen and oxygen atoms in total. The van der Waals surface area contributed by atoms with Gasteiger partial charge in [0.15, 0.2) is 0 Å². The predicted molar refractivity (Wildman–Crippen MR) is 96.6 cm³/mol. The van der Waals surface area contributed by atoms with Gasteiger partial charge in [-0.25, -0.2) is 9.97 Å². The van der Waals surface area contributed by atoms with Crippen LogP contribution in [0, 0.1) is 0 Å². The van der Waals surface area contributed by atoms with Crippen LogP contribution in [0.1, 0.15) is 29.1 Å². The Hall–Kier alpha value is -2.25. The number of amides is 1. The number of hydrogen-bond acceptors (Lipinski definition) is 6. The van der Waals surface area contributed by atoms with Crippen molar-refractivity contribution < 1.29 is 9.53 Å². The van der Waals surface area contributed by atoms with Crippen molar-refractivity contribution in [2.75, 3.05) is 0 Å². The van der Waals surface area contributed by atoms with Gasteiger partial charge in [0.2, 0.25) is 5.88 Å². The van der Waals surface area contributed by atoms with Gasteiger partial charge in [-0.3, -0.25) is 4.79 Å². The van der Waals surface area contributed by atoms with E-state index in [-0.39, 0.29) is 12.0 Å². The van der Waals surface area contributed by atoms with Gasteiger partial charge in [-0.15, -0.1) is 22.7 Å². The van der Waals surface area contributed by atoms with Crippen LogP contribution >= 0.6 is 22.7 Å². The Kier molecular flexibility index (Phi) is 5.22. The molecule has 3 aromatic rings. The first-order chi connectivity index (χ1) is 11.6. The highest BCUT2D eigenvalue weighted by atomic mass is 32.1. The van der Waals surface area contributed by atoms with Crippen LogP contribution in [0.2, 0.25) is 0 Å². The lowest BCUT2D eigenvalue weighted by molar-refractivity contribution is 0.0954. The molecular formula is C17H17N3O2S2. The van der Waals surface area contributed by atoms with E-state index in [1.165, 1.54) is 11.3 Å². The number of thiophene rings is 1. The minimum atomic E-state index is -0.144. The molecule has 24 heavy (non-hydrogen) atoms. The Bertz CT molecular complexity index is 813. The molecule has 0 fully saturated rings. The van der Waals surface area contributed by atoms with Gasteiger partial charge in [-0.05, 0) is 31.4 Å². The summed E-state index contributed by atoms with van der Waals surface area (Å²) < 4.78 is 5.67. The van der Waals surface area contributed by atoms with Gasteiger partial charge in [0, 0.05) is 18.3 Å². The lowest BCUT2D eigenvalue weighted by Crippen LogP contribution is -2.22. The van der Waals surface area contributed by atoms with E-state index < -0.39 is 0 Å². The zero-order chi connectivity index (χ0) is 16.9. The fourth-order valence-corrected chi connectivity index (χ4v) is 3.68. The number of nitrogens with zero attached hydrogens (tertiary/aromatic N) is 2. The number of nitrogens with one attached hydrogen (secondary N) is 1. The third kappa shape index (κ3) is 3.98. The number of rotatable bonds is 6. The van der Waals surface area contributed by atoms with Crippen LogP contribution < -0.4 is 10.1 Å². The summed E-state index contributed by atoms with van der Waals surface area (Å²) in [6, 6.07) is 7.70. The quantitative estimate of drug-likeness (QED) is 0.723. The smallest absolute Gasteiger partial charge is 0.263 e. The fraction of sp³-hybridized carbons (Fsp3) is 0.235. The molecule has 3 aromatic heterocycles. The van der Waals surface area contributed by atoms with Crippen LogP contribution in [-0.4, -0.2) is 22.0 Å². The summed E-state index contributed by atoms with van der Waals surface area (Å²) in [5, 5.41) is 5.76. The highest BCUT2D eigenvalue weighted by Crippen LogP contribution is 2.28. The molecule has 7 heteroatoms. The number of pyridine rings is 1. The summed E-state index contributed by atoms with van der Waals surface area (Å²) in [6.07, 6.45) is 3.33. The van der Waals surface area contributed by atoms with E-state index in [1.54, 1.807) is 23.7 Å². The molecule has 0 aliphatic heterocycles. The van der Waals surface area contributed by atoms with Crippen LogP contribution in [0.3, 0.4) is 0 Å². The third-order valence-corrected chi connectivity index (χ3v) is 5.13. The largest absolute Gasteiger partial charge is 0.475 e. The summed E-state index contributed by atoms with van der Waals surface area (Å²) >= 11 is 3.00.